The van der Waals surface area contributed by atoms with E-state index in [0.29, 0.717) is 11.1 Å². The van der Waals surface area contributed by atoms with Crippen molar-refractivity contribution in [1.29, 1.82) is 0 Å². The van der Waals surface area contributed by atoms with E-state index in [0.717, 1.165) is 17.0 Å². The van der Waals surface area contributed by atoms with E-state index in [-0.39, 0.29) is 10.5 Å². The van der Waals surface area contributed by atoms with Crippen molar-refractivity contribution in [3.63, 3.8) is 0 Å². The van der Waals surface area contributed by atoms with Crippen molar-refractivity contribution in [1.82, 2.24) is 0 Å². The van der Waals surface area contributed by atoms with E-state index in [2.05, 4.69) is 25.1 Å². The van der Waals surface area contributed by atoms with Gasteiger partial charge in [0.05, 0.1) is 5.56 Å². The normalized spacial score (nSPS) is 12.2. The second-order valence-electron chi connectivity index (χ2n) is 7.66. The van der Waals surface area contributed by atoms with Gasteiger partial charge in [0, 0.05) is 34.9 Å². The van der Waals surface area contributed by atoms with Crippen molar-refractivity contribution in [3.8, 4) is 4.90 Å². The molecule has 1 unspecified atom stereocenters. The first-order chi connectivity index (χ1) is 14.3. The lowest BCUT2D eigenvalue weighted by atomic mass is 9.97. The quantitative estimate of drug-likeness (QED) is 0.255. The van der Waals surface area contributed by atoms with Crippen LogP contribution in [0.3, 0.4) is 0 Å². The van der Waals surface area contributed by atoms with Gasteiger partial charge in [-0.1, -0.05) is 24.3 Å². The molecule has 0 bridgehead atoms. The SMILES string of the molecule is Cc1cc2ccccc2[s+]1-c1cccc(C(=O)OC(C)(C)c2ccc(F)c(F)c2)c1. The van der Waals surface area contributed by atoms with E-state index in [4.69, 9.17) is 4.74 Å². The van der Waals surface area contributed by atoms with Gasteiger partial charge in [-0.2, -0.15) is 0 Å². The van der Waals surface area contributed by atoms with Crippen molar-refractivity contribution in [2.24, 2.45) is 0 Å². The van der Waals surface area contributed by atoms with Crippen LogP contribution in [0.15, 0.2) is 72.8 Å². The monoisotopic (exact) mass is 423 g/mol. The average molecular weight is 424 g/mol. The van der Waals surface area contributed by atoms with Crippen LogP contribution in [-0.4, -0.2) is 5.97 Å². The molecule has 152 valence electrons. The van der Waals surface area contributed by atoms with Crippen LogP contribution < -0.4 is 0 Å². The van der Waals surface area contributed by atoms with Crippen LogP contribution in [-0.2, 0) is 10.3 Å². The molecule has 0 fully saturated rings. The lowest BCUT2D eigenvalue weighted by Gasteiger charge is -2.25. The molecule has 0 saturated heterocycles. The molecule has 0 radical (unpaired) electrons. The first-order valence-electron chi connectivity index (χ1n) is 9.57. The Bertz CT molecular complexity index is 1260. The van der Waals surface area contributed by atoms with Gasteiger partial charge in [-0.05, 0) is 55.8 Å². The van der Waals surface area contributed by atoms with E-state index in [9.17, 15) is 13.6 Å². The fourth-order valence-corrected chi connectivity index (χ4v) is 5.77. The molecule has 0 aliphatic heterocycles. The number of hydrogen-bond acceptors (Lipinski definition) is 2. The number of benzene rings is 3. The minimum Gasteiger partial charge on any atom is -0.451 e. The summed E-state index contributed by atoms with van der Waals surface area (Å²) in [5.41, 5.74) is -0.302. The number of fused-ring (bicyclic) bond motifs is 1. The van der Waals surface area contributed by atoms with Gasteiger partial charge in [-0.15, -0.1) is 0 Å². The number of carbonyl (C=O) groups is 1. The van der Waals surface area contributed by atoms with E-state index < -0.39 is 23.2 Å². The largest absolute Gasteiger partial charge is 0.451 e. The highest BCUT2D eigenvalue weighted by atomic mass is 32.2. The van der Waals surface area contributed by atoms with Gasteiger partial charge in [-0.25, -0.2) is 13.6 Å². The molecule has 4 aromatic rings. The lowest BCUT2D eigenvalue weighted by molar-refractivity contribution is -0.00328. The first kappa shape index (κ1) is 20.2. The highest BCUT2D eigenvalue weighted by molar-refractivity contribution is 7.45. The maximum absolute atomic E-state index is 13.6. The number of aryl methyl sites for hydroxylation is 1. The second kappa shape index (κ2) is 7.65. The minimum absolute atomic E-state index is 0.240. The van der Waals surface area contributed by atoms with Crippen LogP contribution in [0, 0.1) is 18.6 Å². The summed E-state index contributed by atoms with van der Waals surface area (Å²) in [5.74, 6) is -2.42. The minimum atomic E-state index is -1.11. The third-order valence-electron chi connectivity index (χ3n) is 5.09. The summed E-state index contributed by atoms with van der Waals surface area (Å²) in [7, 11) is -0.240. The molecule has 5 heteroatoms. The van der Waals surface area contributed by atoms with Crippen LogP contribution >= 0.6 is 10.5 Å². The molecule has 2 nitrogen and oxygen atoms in total. The molecule has 0 saturated carbocycles. The van der Waals surface area contributed by atoms with Gasteiger partial charge in [0.2, 0.25) is 0 Å². The van der Waals surface area contributed by atoms with Crippen LogP contribution in [0.25, 0.3) is 15.0 Å². The Kier molecular flexibility index (Phi) is 5.16. The van der Waals surface area contributed by atoms with Crippen molar-refractivity contribution >= 4 is 26.5 Å². The Hall–Kier alpha value is -3.05. The zero-order chi connectivity index (χ0) is 21.5. The number of carbonyl (C=O) groups excluding carboxylic acids is 1. The maximum atomic E-state index is 13.6. The fourth-order valence-electron chi connectivity index (χ4n) is 3.52. The summed E-state index contributed by atoms with van der Waals surface area (Å²) in [4.78, 5) is 15.2. The van der Waals surface area contributed by atoms with Crippen molar-refractivity contribution in [2.75, 3.05) is 0 Å². The highest BCUT2D eigenvalue weighted by Crippen LogP contribution is 2.43. The number of esters is 1. The maximum Gasteiger partial charge on any atom is 0.339 e. The summed E-state index contributed by atoms with van der Waals surface area (Å²) in [6.07, 6.45) is 0. The number of hydrogen-bond donors (Lipinski definition) is 0. The summed E-state index contributed by atoms with van der Waals surface area (Å²) in [5, 5.41) is 1.20. The van der Waals surface area contributed by atoms with Gasteiger partial charge < -0.3 is 4.74 Å². The summed E-state index contributed by atoms with van der Waals surface area (Å²) >= 11 is 0. The molecule has 1 heterocycles. The van der Waals surface area contributed by atoms with E-state index in [1.165, 1.54) is 21.0 Å². The summed E-state index contributed by atoms with van der Waals surface area (Å²) in [6.45, 7) is 5.41. The molecule has 1 atom stereocenters. The van der Waals surface area contributed by atoms with E-state index in [1.54, 1.807) is 19.9 Å². The Balaban J connectivity index is 1.66. The zero-order valence-electron chi connectivity index (χ0n) is 16.9. The third kappa shape index (κ3) is 3.73. The van der Waals surface area contributed by atoms with Gasteiger partial charge in [-0.3, -0.25) is 0 Å². The van der Waals surface area contributed by atoms with Gasteiger partial charge in [0.15, 0.2) is 26.1 Å². The van der Waals surface area contributed by atoms with E-state index >= 15 is 0 Å². The van der Waals surface area contributed by atoms with E-state index in [1.807, 2.05) is 30.3 Å². The Morgan fingerprint density at radius 2 is 1.67 bits per heavy atom. The Morgan fingerprint density at radius 1 is 0.900 bits per heavy atom. The molecule has 4 rings (SSSR count). The predicted molar refractivity (Wildman–Crippen MR) is 117 cm³/mol. The van der Waals surface area contributed by atoms with Gasteiger partial charge >= 0.3 is 5.97 Å². The molecular formula is C25H21F2O2S+. The molecule has 0 aliphatic carbocycles. The Labute approximate surface area is 176 Å². The van der Waals surface area contributed by atoms with Crippen molar-refractivity contribution in [2.45, 2.75) is 26.4 Å². The van der Waals surface area contributed by atoms with Crippen molar-refractivity contribution < 1.29 is 18.3 Å². The van der Waals surface area contributed by atoms with Gasteiger partial charge in [0.1, 0.15) is 5.60 Å². The van der Waals surface area contributed by atoms with Crippen LogP contribution in [0.2, 0.25) is 0 Å². The predicted octanol–water partition coefficient (Wildman–Crippen LogP) is 7.26. The second-order valence-corrected chi connectivity index (χ2v) is 9.82. The molecule has 0 N–H and O–H groups in total. The number of halogens is 2. The summed E-state index contributed by atoms with van der Waals surface area (Å²) in [6, 6.07) is 21.4. The standard InChI is InChI=1S/C25H21F2O2S/c1-16-13-17-7-4-5-10-23(17)30(16)20-9-6-8-18(14-20)24(28)29-25(2,3)19-11-12-21(26)22(27)15-19/h4-15H,1-3H3/q+1. The number of rotatable bonds is 4. The molecular weight excluding hydrogens is 402 g/mol. The third-order valence-corrected chi connectivity index (χ3v) is 7.39. The zero-order valence-corrected chi connectivity index (χ0v) is 17.7. The smallest absolute Gasteiger partial charge is 0.339 e. The Morgan fingerprint density at radius 3 is 2.43 bits per heavy atom. The summed E-state index contributed by atoms with van der Waals surface area (Å²) < 4.78 is 33.8. The lowest BCUT2D eigenvalue weighted by Crippen LogP contribution is -2.26. The topological polar surface area (TPSA) is 26.3 Å². The molecule has 30 heavy (non-hydrogen) atoms. The van der Waals surface area contributed by atoms with Crippen LogP contribution in [0.5, 0.6) is 0 Å². The average Bonchev–Trinajstić information content (AvgIpc) is 3.05. The first-order valence-corrected chi connectivity index (χ1v) is 10.8. The molecule has 0 spiro atoms. The number of thiophene rings is 1. The van der Waals surface area contributed by atoms with Crippen molar-refractivity contribution in [3.05, 3.63) is 100 Å². The highest BCUT2D eigenvalue weighted by Gasteiger charge is 2.28. The fraction of sp³-hybridized carbons (Fsp3) is 0.160. The van der Waals surface area contributed by atoms with Crippen LogP contribution in [0.4, 0.5) is 8.78 Å². The molecule has 1 aromatic heterocycles. The molecule has 0 amide bonds. The van der Waals surface area contributed by atoms with Crippen LogP contribution in [0.1, 0.15) is 34.6 Å². The van der Waals surface area contributed by atoms with Gasteiger partial charge in [0.25, 0.3) is 0 Å². The molecule has 3 aromatic carbocycles. The molecule has 0 aliphatic rings. The number of ether oxygens (including phenoxy) is 1.